The van der Waals surface area contributed by atoms with Crippen LogP contribution >= 0.6 is 0 Å². The van der Waals surface area contributed by atoms with Gasteiger partial charge < -0.3 is 5.32 Å². The minimum absolute atomic E-state index is 0.569. The molecule has 0 fully saturated rings. The maximum Gasteiger partial charge on any atom is -0.00519 e. The third kappa shape index (κ3) is 6.66. The van der Waals surface area contributed by atoms with Gasteiger partial charge in [-0.1, -0.05) is 40.0 Å². The van der Waals surface area contributed by atoms with Gasteiger partial charge in [-0.3, -0.25) is 0 Å². The van der Waals surface area contributed by atoms with E-state index in [0.717, 1.165) is 0 Å². The van der Waals surface area contributed by atoms with E-state index >= 15 is 0 Å². The summed E-state index contributed by atoms with van der Waals surface area (Å²) in [6.45, 7) is 8.19. The Morgan fingerprint density at radius 1 is 1.08 bits per heavy atom. The fraction of sp³-hybridized carbons (Fsp3) is 1.00. The summed E-state index contributed by atoms with van der Waals surface area (Å²) >= 11 is 0. The van der Waals surface area contributed by atoms with Crippen LogP contribution in [0, 0.1) is 5.41 Å². The van der Waals surface area contributed by atoms with Gasteiger partial charge in [-0.25, -0.2) is 0 Å². The molecule has 0 rings (SSSR count). The predicted octanol–water partition coefficient (Wildman–Crippen LogP) is 3.20. The van der Waals surface area contributed by atoms with Crippen molar-refractivity contribution < 1.29 is 0 Å². The average molecular weight is 171 g/mol. The standard InChI is InChI=1S/C11H25N/c1-5-11(2,3)9-7-6-8-10-12-4/h12H,5-10H2,1-4H3. The van der Waals surface area contributed by atoms with Gasteiger partial charge in [-0.15, -0.1) is 0 Å². The van der Waals surface area contributed by atoms with Crippen molar-refractivity contribution in [2.45, 2.75) is 52.9 Å². The van der Waals surface area contributed by atoms with Gasteiger partial charge in [-0.05, 0) is 31.8 Å². The highest BCUT2D eigenvalue weighted by atomic mass is 14.8. The van der Waals surface area contributed by atoms with E-state index in [0.29, 0.717) is 5.41 Å². The Kier molecular flexibility index (Phi) is 6.45. The number of unbranched alkanes of at least 4 members (excludes halogenated alkanes) is 2. The van der Waals surface area contributed by atoms with Crippen molar-refractivity contribution in [3.8, 4) is 0 Å². The lowest BCUT2D eigenvalue weighted by atomic mass is 9.84. The van der Waals surface area contributed by atoms with Crippen LogP contribution in [0.1, 0.15) is 52.9 Å². The first-order chi connectivity index (χ1) is 5.62. The molecule has 0 aromatic rings. The first-order valence-electron chi connectivity index (χ1n) is 5.27. The zero-order valence-corrected chi connectivity index (χ0v) is 9.24. The monoisotopic (exact) mass is 171 g/mol. The van der Waals surface area contributed by atoms with Crippen LogP contribution in [0.15, 0.2) is 0 Å². The number of rotatable bonds is 7. The lowest BCUT2D eigenvalue weighted by Crippen LogP contribution is -2.10. The van der Waals surface area contributed by atoms with E-state index < -0.39 is 0 Å². The molecule has 0 aliphatic carbocycles. The topological polar surface area (TPSA) is 12.0 Å². The van der Waals surface area contributed by atoms with E-state index in [1.807, 2.05) is 7.05 Å². The fourth-order valence-electron chi connectivity index (χ4n) is 1.26. The van der Waals surface area contributed by atoms with Crippen LogP contribution in [0.5, 0.6) is 0 Å². The zero-order valence-electron chi connectivity index (χ0n) is 9.24. The minimum Gasteiger partial charge on any atom is -0.320 e. The molecule has 0 bridgehead atoms. The van der Waals surface area contributed by atoms with Crippen molar-refractivity contribution in [2.24, 2.45) is 5.41 Å². The third-order valence-corrected chi connectivity index (χ3v) is 2.74. The van der Waals surface area contributed by atoms with Gasteiger partial charge in [0.2, 0.25) is 0 Å². The first kappa shape index (κ1) is 12.0. The molecule has 0 aliphatic rings. The number of hydrogen-bond donors (Lipinski definition) is 1. The largest absolute Gasteiger partial charge is 0.320 e. The highest BCUT2D eigenvalue weighted by Gasteiger charge is 2.13. The summed E-state index contributed by atoms with van der Waals surface area (Å²) in [5.41, 5.74) is 0.569. The number of hydrogen-bond acceptors (Lipinski definition) is 1. The molecule has 0 heterocycles. The van der Waals surface area contributed by atoms with Crippen LogP contribution in [0.25, 0.3) is 0 Å². The molecule has 0 radical (unpaired) electrons. The molecule has 74 valence electrons. The van der Waals surface area contributed by atoms with Gasteiger partial charge >= 0.3 is 0 Å². The third-order valence-electron chi connectivity index (χ3n) is 2.74. The molecule has 12 heavy (non-hydrogen) atoms. The van der Waals surface area contributed by atoms with Crippen molar-refractivity contribution in [1.29, 1.82) is 0 Å². The summed E-state index contributed by atoms with van der Waals surface area (Å²) in [7, 11) is 2.02. The van der Waals surface area contributed by atoms with Crippen molar-refractivity contribution in [1.82, 2.24) is 5.32 Å². The molecule has 0 amide bonds. The Bertz CT molecular complexity index is 97.2. The molecule has 1 heteroatoms. The van der Waals surface area contributed by atoms with E-state index in [2.05, 4.69) is 26.1 Å². The zero-order chi connectivity index (χ0) is 9.45. The number of nitrogens with one attached hydrogen (secondary N) is 1. The SMILES string of the molecule is CCC(C)(C)CCCCCNC. The second kappa shape index (κ2) is 6.47. The highest BCUT2D eigenvalue weighted by molar-refractivity contribution is 4.65. The van der Waals surface area contributed by atoms with Crippen molar-refractivity contribution >= 4 is 0 Å². The van der Waals surface area contributed by atoms with Crippen molar-refractivity contribution in [2.75, 3.05) is 13.6 Å². The van der Waals surface area contributed by atoms with Gasteiger partial charge in [0.1, 0.15) is 0 Å². The van der Waals surface area contributed by atoms with Gasteiger partial charge in [0.15, 0.2) is 0 Å². The predicted molar refractivity (Wildman–Crippen MR) is 56.5 cm³/mol. The summed E-state index contributed by atoms with van der Waals surface area (Å²) in [4.78, 5) is 0. The van der Waals surface area contributed by atoms with Crippen LogP contribution in [0.4, 0.5) is 0 Å². The van der Waals surface area contributed by atoms with E-state index in [1.54, 1.807) is 0 Å². The highest BCUT2D eigenvalue weighted by Crippen LogP contribution is 2.26. The van der Waals surface area contributed by atoms with Gasteiger partial charge in [0, 0.05) is 0 Å². The maximum absolute atomic E-state index is 3.18. The lowest BCUT2D eigenvalue weighted by Gasteiger charge is -2.22. The Hall–Kier alpha value is -0.0400. The second-order valence-electron chi connectivity index (χ2n) is 4.43. The van der Waals surface area contributed by atoms with E-state index in [-0.39, 0.29) is 0 Å². The van der Waals surface area contributed by atoms with Gasteiger partial charge in [0.25, 0.3) is 0 Å². The Morgan fingerprint density at radius 2 is 1.75 bits per heavy atom. The first-order valence-corrected chi connectivity index (χ1v) is 5.27. The maximum atomic E-state index is 3.18. The van der Waals surface area contributed by atoms with Crippen LogP contribution in [0.2, 0.25) is 0 Å². The quantitative estimate of drug-likeness (QED) is 0.580. The Morgan fingerprint density at radius 3 is 2.25 bits per heavy atom. The molecule has 1 nitrogen and oxygen atoms in total. The molecule has 0 saturated heterocycles. The molecular weight excluding hydrogens is 146 g/mol. The summed E-state index contributed by atoms with van der Waals surface area (Å²) in [5, 5.41) is 3.18. The minimum atomic E-state index is 0.569. The van der Waals surface area contributed by atoms with Crippen LogP contribution in [0.3, 0.4) is 0 Å². The Balaban J connectivity index is 3.19. The van der Waals surface area contributed by atoms with Crippen LogP contribution in [-0.4, -0.2) is 13.6 Å². The molecule has 1 N–H and O–H groups in total. The van der Waals surface area contributed by atoms with Crippen molar-refractivity contribution in [3.63, 3.8) is 0 Å². The van der Waals surface area contributed by atoms with Crippen LogP contribution < -0.4 is 5.32 Å². The second-order valence-corrected chi connectivity index (χ2v) is 4.43. The fourth-order valence-corrected chi connectivity index (χ4v) is 1.26. The van der Waals surface area contributed by atoms with Crippen molar-refractivity contribution in [3.05, 3.63) is 0 Å². The molecular formula is C11H25N. The van der Waals surface area contributed by atoms with E-state index in [9.17, 15) is 0 Å². The summed E-state index contributed by atoms with van der Waals surface area (Å²) in [5.74, 6) is 0. The molecule has 0 aromatic heterocycles. The van der Waals surface area contributed by atoms with Gasteiger partial charge in [0.05, 0.1) is 0 Å². The molecule has 0 spiro atoms. The molecule has 0 saturated carbocycles. The van der Waals surface area contributed by atoms with E-state index in [4.69, 9.17) is 0 Å². The van der Waals surface area contributed by atoms with E-state index in [1.165, 1.54) is 38.6 Å². The molecule has 0 unspecified atom stereocenters. The summed E-state index contributed by atoms with van der Waals surface area (Å²) in [6, 6.07) is 0. The smallest absolute Gasteiger partial charge is 0.00519 e. The van der Waals surface area contributed by atoms with Crippen LogP contribution in [-0.2, 0) is 0 Å². The lowest BCUT2D eigenvalue weighted by molar-refractivity contribution is 0.308. The average Bonchev–Trinajstić information content (AvgIpc) is 2.04. The molecule has 0 aliphatic heterocycles. The normalized spacial score (nSPS) is 12.0. The van der Waals surface area contributed by atoms with Gasteiger partial charge in [-0.2, -0.15) is 0 Å². The molecule has 0 aromatic carbocycles. The Labute approximate surface area is 77.9 Å². The summed E-state index contributed by atoms with van der Waals surface area (Å²) < 4.78 is 0. The molecule has 0 atom stereocenters. The summed E-state index contributed by atoms with van der Waals surface area (Å²) in [6.07, 6.45) is 6.79.